The van der Waals surface area contributed by atoms with Crippen LogP contribution in [0.3, 0.4) is 0 Å². The van der Waals surface area contributed by atoms with Gasteiger partial charge in [-0.05, 0) is 65.5 Å². The van der Waals surface area contributed by atoms with Crippen LogP contribution in [-0.4, -0.2) is 29.1 Å². The number of piperidine rings is 1. The Morgan fingerprint density at radius 1 is 1.35 bits per heavy atom. The molecule has 1 saturated heterocycles. The molecular weight excluding hydrogens is 387 g/mol. The first-order valence-corrected chi connectivity index (χ1v) is 9.45. The number of hydrogen-bond acceptors (Lipinski definition) is 3. The van der Waals surface area contributed by atoms with E-state index in [1.165, 1.54) is 17.4 Å². The molecular formula is C18H17ClF3NO2S. The molecule has 1 aromatic carbocycles. The fraction of sp³-hybridized carbons (Fsp3) is 0.389. The van der Waals surface area contributed by atoms with Crippen molar-refractivity contribution < 1.29 is 23.1 Å². The van der Waals surface area contributed by atoms with Gasteiger partial charge in [0.05, 0.1) is 17.5 Å². The van der Waals surface area contributed by atoms with Gasteiger partial charge in [0.1, 0.15) is 0 Å². The number of benzene rings is 1. The highest BCUT2D eigenvalue weighted by molar-refractivity contribution is 7.08. The Morgan fingerprint density at radius 3 is 2.73 bits per heavy atom. The van der Waals surface area contributed by atoms with E-state index < -0.39 is 29.7 Å². The van der Waals surface area contributed by atoms with E-state index in [1.54, 1.807) is 0 Å². The Kier molecular flexibility index (Phi) is 5.60. The van der Waals surface area contributed by atoms with Gasteiger partial charge in [0.15, 0.2) is 0 Å². The summed E-state index contributed by atoms with van der Waals surface area (Å²) < 4.78 is 39.5. The molecule has 1 N–H and O–H groups in total. The maximum atomic E-state index is 13.2. The molecule has 140 valence electrons. The van der Waals surface area contributed by atoms with Gasteiger partial charge in [-0.15, -0.1) is 0 Å². The summed E-state index contributed by atoms with van der Waals surface area (Å²) in [7, 11) is 0. The van der Waals surface area contributed by atoms with Crippen LogP contribution in [0.25, 0.3) is 0 Å². The summed E-state index contributed by atoms with van der Waals surface area (Å²) >= 11 is 7.71. The number of carboxylic acids is 1. The highest BCUT2D eigenvalue weighted by Crippen LogP contribution is 2.40. The molecule has 2 unspecified atom stereocenters. The predicted molar refractivity (Wildman–Crippen MR) is 94.5 cm³/mol. The van der Waals surface area contributed by atoms with Gasteiger partial charge in [-0.2, -0.15) is 24.5 Å². The third-order valence-electron chi connectivity index (χ3n) is 4.64. The lowest BCUT2D eigenvalue weighted by atomic mass is 9.92. The number of alkyl halides is 3. The molecule has 3 rings (SSSR count). The van der Waals surface area contributed by atoms with Crippen molar-refractivity contribution in [3.8, 4) is 0 Å². The zero-order valence-electron chi connectivity index (χ0n) is 13.7. The van der Waals surface area contributed by atoms with E-state index in [2.05, 4.69) is 0 Å². The third kappa shape index (κ3) is 4.05. The number of hydrogen-bond donors (Lipinski definition) is 1. The van der Waals surface area contributed by atoms with Crippen molar-refractivity contribution in [2.24, 2.45) is 5.92 Å². The molecule has 1 aliphatic heterocycles. The van der Waals surface area contributed by atoms with Gasteiger partial charge in [-0.3, -0.25) is 9.69 Å². The SMILES string of the molecule is O=C(O)C1CCCN(C(c2ccsc2)c2cc(C(F)(F)F)ccc2Cl)C1. The number of carbonyl (C=O) groups is 1. The molecule has 8 heteroatoms. The van der Waals surface area contributed by atoms with Crippen LogP contribution >= 0.6 is 22.9 Å². The lowest BCUT2D eigenvalue weighted by Gasteiger charge is -2.37. The number of carboxylic acid groups (broad SMARTS) is 1. The van der Waals surface area contributed by atoms with Gasteiger partial charge in [0.25, 0.3) is 0 Å². The summed E-state index contributed by atoms with van der Waals surface area (Å²) in [5.41, 5.74) is 0.414. The molecule has 3 nitrogen and oxygen atoms in total. The van der Waals surface area contributed by atoms with Crippen LogP contribution in [0.2, 0.25) is 5.02 Å². The molecule has 2 aromatic rings. The molecule has 2 heterocycles. The second-order valence-corrected chi connectivity index (χ2v) is 7.55. The fourth-order valence-corrected chi connectivity index (χ4v) is 4.29. The summed E-state index contributed by atoms with van der Waals surface area (Å²) in [4.78, 5) is 13.3. The lowest BCUT2D eigenvalue weighted by Crippen LogP contribution is -2.41. The fourth-order valence-electron chi connectivity index (χ4n) is 3.39. The van der Waals surface area contributed by atoms with Crippen molar-refractivity contribution >= 4 is 28.9 Å². The molecule has 1 fully saturated rings. The Morgan fingerprint density at radius 2 is 2.12 bits per heavy atom. The second kappa shape index (κ2) is 7.58. The Labute approximate surface area is 158 Å². The van der Waals surface area contributed by atoms with E-state index in [1.807, 2.05) is 21.7 Å². The molecule has 2 atom stereocenters. The summed E-state index contributed by atoms with van der Waals surface area (Å²) in [6.07, 6.45) is -3.23. The maximum Gasteiger partial charge on any atom is 0.416 e. The molecule has 1 aromatic heterocycles. The minimum Gasteiger partial charge on any atom is -0.481 e. The minimum absolute atomic E-state index is 0.242. The number of aliphatic carboxylic acids is 1. The van der Waals surface area contributed by atoms with Crippen molar-refractivity contribution in [3.05, 3.63) is 56.7 Å². The normalized spacial score (nSPS) is 20.1. The van der Waals surface area contributed by atoms with E-state index in [0.29, 0.717) is 24.9 Å². The van der Waals surface area contributed by atoms with Crippen LogP contribution in [0.4, 0.5) is 13.2 Å². The van der Waals surface area contributed by atoms with Crippen LogP contribution < -0.4 is 0 Å². The molecule has 0 amide bonds. The first-order chi connectivity index (χ1) is 12.3. The topological polar surface area (TPSA) is 40.5 Å². The van der Waals surface area contributed by atoms with E-state index in [0.717, 1.165) is 17.7 Å². The average molecular weight is 404 g/mol. The Hall–Kier alpha value is -1.57. The van der Waals surface area contributed by atoms with Crippen LogP contribution in [0.15, 0.2) is 35.0 Å². The minimum atomic E-state index is -4.47. The Bertz CT molecular complexity index is 779. The van der Waals surface area contributed by atoms with E-state index in [4.69, 9.17) is 11.6 Å². The van der Waals surface area contributed by atoms with Crippen LogP contribution in [0, 0.1) is 5.92 Å². The average Bonchev–Trinajstić information content (AvgIpc) is 3.10. The molecule has 1 aliphatic rings. The van der Waals surface area contributed by atoms with Crippen molar-refractivity contribution in [2.45, 2.75) is 25.1 Å². The zero-order chi connectivity index (χ0) is 18.9. The smallest absolute Gasteiger partial charge is 0.416 e. The van der Waals surface area contributed by atoms with Gasteiger partial charge in [0, 0.05) is 11.6 Å². The van der Waals surface area contributed by atoms with Crippen molar-refractivity contribution in [1.82, 2.24) is 4.90 Å². The number of nitrogens with zero attached hydrogens (tertiary/aromatic N) is 1. The highest BCUT2D eigenvalue weighted by Gasteiger charge is 2.35. The predicted octanol–water partition coefficient (Wildman–Crippen LogP) is 5.31. The highest BCUT2D eigenvalue weighted by atomic mass is 35.5. The largest absolute Gasteiger partial charge is 0.481 e. The standard InChI is InChI=1S/C18H17ClF3NO2S/c19-15-4-3-13(18(20,21)22)8-14(15)16(12-5-7-26-10-12)23-6-1-2-11(9-23)17(24)25/h3-5,7-8,10-11,16H,1-2,6,9H2,(H,24,25). The van der Waals surface area contributed by atoms with Crippen LogP contribution in [0.5, 0.6) is 0 Å². The van der Waals surface area contributed by atoms with Crippen molar-refractivity contribution in [3.63, 3.8) is 0 Å². The Balaban J connectivity index is 2.04. The monoisotopic (exact) mass is 403 g/mol. The lowest BCUT2D eigenvalue weighted by molar-refractivity contribution is -0.143. The van der Waals surface area contributed by atoms with Gasteiger partial charge in [0.2, 0.25) is 0 Å². The van der Waals surface area contributed by atoms with E-state index in [9.17, 15) is 23.1 Å². The maximum absolute atomic E-state index is 13.2. The molecule has 0 aliphatic carbocycles. The number of halogens is 4. The van der Waals surface area contributed by atoms with Crippen LogP contribution in [-0.2, 0) is 11.0 Å². The first kappa shape index (κ1) is 19.2. The quantitative estimate of drug-likeness (QED) is 0.752. The summed E-state index contributed by atoms with van der Waals surface area (Å²) in [6, 6.07) is 4.65. The zero-order valence-corrected chi connectivity index (χ0v) is 15.2. The van der Waals surface area contributed by atoms with E-state index >= 15 is 0 Å². The molecule has 0 saturated carbocycles. The summed E-state index contributed by atoms with van der Waals surface area (Å²) in [5.74, 6) is -1.41. The number of likely N-dealkylation sites (tertiary alicyclic amines) is 1. The number of rotatable bonds is 4. The number of thiophene rings is 1. The molecule has 0 spiro atoms. The summed E-state index contributed by atoms with van der Waals surface area (Å²) in [5, 5.41) is 13.3. The second-order valence-electron chi connectivity index (χ2n) is 6.37. The van der Waals surface area contributed by atoms with Crippen molar-refractivity contribution in [1.29, 1.82) is 0 Å². The van der Waals surface area contributed by atoms with Crippen LogP contribution in [0.1, 0.15) is 35.6 Å². The molecule has 0 bridgehead atoms. The van der Waals surface area contributed by atoms with Gasteiger partial charge < -0.3 is 5.11 Å². The van der Waals surface area contributed by atoms with Gasteiger partial charge in [-0.1, -0.05) is 11.6 Å². The van der Waals surface area contributed by atoms with Crippen molar-refractivity contribution in [2.75, 3.05) is 13.1 Å². The van der Waals surface area contributed by atoms with Gasteiger partial charge >= 0.3 is 12.1 Å². The van der Waals surface area contributed by atoms with Gasteiger partial charge in [-0.25, -0.2) is 0 Å². The first-order valence-electron chi connectivity index (χ1n) is 8.13. The third-order valence-corrected chi connectivity index (χ3v) is 5.69. The summed E-state index contributed by atoms with van der Waals surface area (Å²) in [6.45, 7) is 0.888. The molecule has 0 radical (unpaired) electrons. The molecule has 26 heavy (non-hydrogen) atoms. The van der Waals surface area contributed by atoms with E-state index in [-0.39, 0.29) is 11.6 Å².